The highest BCUT2D eigenvalue weighted by atomic mass is 19.1. The summed E-state index contributed by atoms with van der Waals surface area (Å²) in [5.41, 5.74) is 6.56. The molecule has 1 aromatic rings. The Morgan fingerprint density at radius 2 is 2.20 bits per heavy atom. The van der Waals surface area contributed by atoms with Gasteiger partial charge in [-0.15, -0.1) is 0 Å². The zero-order valence-corrected chi connectivity index (χ0v) is 8.92. The lowest BCUT2D eigenvalue weighted by atomic mass is 9.73. The van der Waals surface area contributed by atoms with Crippen molar-refractivity contribution >= 4 is 0 Å². The van der Waals surface area contributed by atoms with E-state index in [9.17, 15) is 4.39 Å². The van der Waals surface area contributed by atoms with Crippen molar-refractivity contribution in [1.82, 2.24) is 0 Å². The van der Waals surface area contributed by atoms with Crippen LogP contribution < -0.4 is 10.5 Å². The van der Waals surface area contributed by atoms with E-state index in [1.165, 1.54) is 7.11 Å². The fraction of sp³-hybridized carbons (Fsp3) is 0.500. The van der Waals surface area contributed by atoms with E-state index in [0.717, 1.165) is 19.3 Å². The van der Waals surface area contributed by atoms with Gasteiger partial charge in [0.25, 0.3) is 0 Å². The number of ether oxygens (including phenoxy) is 1. The van der Waals surface area contributed by atoms with Gasteiger partial charge in [-0.3, -0.25) is 0 Å². The lowest BCUT2D eigenvalue weighted by Crippen LogP contribution is -2.48. The second kappa shape index (κ2) is 3.81. The van der Waals surface area contributed by atoms with Crippen LogP contribution in [0.25, 0.3) is 0 Å². The van der Waals surface area contributed by atoms with Gasteiger partial charge in [-0.1, -0.05) is 12.1 Å². The summed E-state index contributed by atoms with van der Waals surface area (Å²) in [5.74, 6) is 0.0344. The molecule has 0 saturated heterocycles. The molecular formula is C12H16FNO. The summed E-state index contributed by atoms with van der Waals surface area (Å²) < 4.78 is 18.7. The molecule has 1 saturated carbocycles. The molecule has 2 N–H and O–H groups in total. The molecule has 1 aromatic carbocycles. The molecule has 1 aliphatic rings. The Morgan fingerprint density at radius 3 is 2.73 bits per heavy atom. The third-order valence-corrected chi connectivity index (χ3v) is 3.16. The molecule has 0 unspecified atom stereocenters. The Labute approximate surface area is 89.2 Å². The van der Waals surface area contributed by atoms with E-state index in [1.54, 1.807) is 18.2 Å². The third-order valence-electron chi connectivity index (χ3n) is 3.16. The largest absolute Gasteiger partial charge is 0.494 e. The van der Waals surface area contributed by atoms with E-state index in [1.807, 2.05) is 0 Å². The van der Waals surface area contributed by atoms with Crippen LogP contribution in [-0.4, -0.2) is 12.6 Å². The van der Waals surface area contributed by atoms with E-state index >= 15 is 0 Å². The van der Waals surface area contributed by atoms with Crippen molar-refractivity contribution in [3.8, 4) is 5.75 Å². The summed E-state index contributed by atoms with van der Waals surface area (Å²) >= 11 is 0. The fourth-order valence-electron chi connectivity index (χ4n) is 2.04. The van der Waals surface area contributed by atoms with Gasteiger partial charge in [0.05, 0.1) is 7.11 Å². The van der Waals surface area contributed by atoms with E-state index in [4.69, 9.17) is 10.5 Å². The van der Waals surface area contributed by atoms with Crippen molar-refractivity contribution in [1.29, 1.82) is 0 Å². The van der Waals surface area contributed by atoms with E-state index in [2.05, 4.69) is 0 Å². The average molecular weight is 209 g/mol. The van der Waals surface area contributed by atoms with Gasteiger partial charge in [-0.25, -0.2) is 4.39 Å². The lowest BCUT2D eigenvalue weighted by Gasteiger charge is -2.38. The minimum atomic E-state index is -0.267. The third kappa shape index (κ3) is 1.97. The van der Waals surface area contributed by atoms with E-state index in [-0.39, 0.29) is 11.4 Å². The number of hydrogen-bond acceptors (Lipinski definition) is 2. The molecule has 0 aromatic heterocycles. The Balaban J connectivity index is 2.20. The molecule has 2 nitrogen and oxygen atoms in total. The highest BCUT2D eigenvalue weighted by molar-refractivity contribution is 5.32. The number of methoxy groups -OCH3 is 1. The number of halogens is 1. The standard InChI is InChI=1S/C12H16FNO/c1-15-10-5-2-4-9(11(10)13)8-12(14)6-3-7-12/h2,4-5H,3,6-8,14H2,1H3. The van der Waals surface area contributed by atoms with Gasteiger partial charge < -0.3 is 10.5 Å². The highest BCUT2D eigenvalue weighted by Crippen LogP contribution is 2.34. The first-order valence-electron chi connectivity index (χ1n) is 5.25. The number of nitrogens with two attached hydrogens (primary N) is 1. The summed E-state index contributed by atoms with van der Waals surface area (Å²) in [6.07, 6.45) is 3.74. The maximum atomic E-state index is 13.8. The van der Waals surface area contributed by atoms with Gasteiger partial charge >= 0.3 is 0 Å². The number of benzene rings is 1. The first-order valence-corrected chi connectivity index (χ1v) is 5.25. The quantitative estimate of drug-likeness (QED) is 0.828. The number of hydrogen-bond donors (Lipinski definition) is 1. The van der Waals surface area contributed by atoms with Crippen LogP contribution in [0.5, 0.6) is 5.75 Å². The van der Waals surface area contributed by atoms with Crippen molar-refractivity contribution < 1.29 is 9.13 Å². The van der Waals surface area contributed by atoms with Gasteiger partial charge in [0.1, 0.15) is 0 Å². The lowest BCUT2D eigenvalue weighted by molar-refractivity contribution is 0.244. The molecule has 15 heavy (non-hydrogen) atoms. The van der Waals surface area contributed by atoms with Crippen LogP contribution >= 0.6 is 0 Å². The zero-order valence-electron chi connectivity index (χ0n) is 8.92. The summed E-state index contributed by atoms with van der Waals surface area (Å²) in [4.78, 5) is 0. The second-order valence-electron chi connectivity index (χ2n) is 4.33. The molecular weight excluding hydrogens is 193 g/mol. The smallest absolute Gasteiger partial charge is 0.168 e. The predicted molar refractivity (Wildman–Crippen MR) is 57.4 cm³/mol. The summed E-state index contributed by atoms with van der Waals surface area (Å²) in [6, 6.07) is 5.22. The maximum absolute atomic E-state index is 13.8. The fourth-order valence-corrected chi connectivity index (χ4v) is 2.04. The van der Waals surface area contributed by atoms with Crippen LogP contribution in [0, 0.1) is 5.82 Å². The molecule has 3 heteroatoms. The van der Waals surface area contributed by atoms with E-state index < -0.39 is 0 Å². The van der Waals surface area contributed by atoms with Gasteiger partial charge in [0, 0.05) is 5.54 Å². The molecule has 0 amide bonds. The van der Waals surface area contributed by atoms with Gasteiger partial charge in [-0.2, -0.15) is 0 Å². The molecule has 1 aliphatic carbocycles. The van der Waals surface area contributed by atoms with Crippen LogP contribution in [0.1, 0.15) is 24.8 Å². The Kier molecular flexibility index (Phi) is 2.65. The number of rotatable bonds is 3. The average Bonchev–Trinajstić information content (AvgIpc) is 2.19. The molecule has 2 rings (SSSR count). The molecule has 0 radical (unpaired) electrons. The SMILES string of the molecule is COc1cccc(CC2(N)CCC2)c1F. The molecule has 0 spiro atoms. The van der Waals surface area contributed by atoms with Gasteiger partial charge in [-0.05, 0) is 37.3 Å². The summed E-state index contributed by atoms with van der Waals surface area (Å²) in [6.45, 7) is 0. The van der Waals surface area contributed by atoms with E-state index in [0.29, 0.717) is 17.7 Å². The Bertz CT molecular complexity index is 361. The normalized spacial score (nSPS) is 18.3. The molecule has 0 aliphatic heterocycles. The van der Waals surface area contributed by atoms with Crippen LogP contribution in [-0.2, 0) is 6.42 Å². The van der Waals surface area contributed by atoms with Crippen LogP contribution in [0.3, 0.4) is 0 Å². The first-order chi connectivity index (χ1) is 7.14. The zero-order chi connectivity index (χ0) is 10.9. The Morgan fingerprint density at radius 1 is 1.47 bits per heavy atom. The highest BCUT2D eigenvalue weighted by Gasteiger charge is 2.33. The monoisotopic (exact) mass is 209 g/mol. The Hall–Kier alpha value is -1.09. The summed E-state index contributed by atoms with van der Waals surface area (Å²) in [5, 5.41) is 0. The van der Waals surface area contributed by atoms with Crippen LogP contribution in [0.15, 0.2) is 18.2 Å². The van der Waals surface area contributed by atoms with Crippen molar-refractivity contribution in [2.45, 2.75) is 31.2 Å². The summed E-state index contributed by atoms with van der Waals surface area (Å²) in [7, 11) is 1.48. The van der Waals surface area contributed by atoms with Crippen LogP contribution in [0.4, 0.5) is 4.39 Å². The van der Waals surface area contributed by atoms with Crippen molar-refractivity contribution in [3.63, 3.8) is 0 Å². The molecule has 1 fully saturated rings. The molecule has 82 valence electrons. The van der Waals surface area contributed by atoms with Gasteiger partial charge in [0.2, 0.25) is 0 Å². The molecule has 0 heterocycles. The molecule has 0 atom stereocenters. The second-order valence-corrected chi connectivity index (χ2v) is 4.33. The minimum Gasteiger partial charge on any atom is -0.494 e. The topological polar surface area (TPSA) is 35.2 Å². The molecule has 0 bridgehead atoms. The predicted octanol–water partition coefficient (Wildman–Crippen LogP) is 2.26. The van der Waals surface area contributed by atoms with Crippen molar-refractivity contribution in [2.24, 2.45) is 5.73 Å². The maximum Gasteiger partial charge on any atom is 0.168 e. The van der Waals surface area contributed by atoms with Gasteiger partial charge in [0.15, 0.2) is 11.6 Å². The first kappa shape index (κ1) is 10.4. The minimum absolute atomic E-state index is 0.187. The van der Waals surface area contributed by atoms with Crippen molar-refractivity contribution in [2.75, 3.05) is 7.11 Å². The van der Waals surface area contributed by atoms with Crippen LogP contribution in [0.2, 0.25) is 0 Å². The van der Waals surface area contributed by atoms with Crippen molar-refractivity contribution in [3.05, 3.63) is 29.6 Å².